The fourth-order valence-electron chi connectivity index (χ4n) is 2.72. The average Bonchev–Trinajstić information content (AvgIpc) is 3.04. The molecule has 108 valence electrons. The van der Waals surface area contributed by atoms with Gasteiger partial charge >= 0.3 is 0 Å². The third-order valence-electron chi connectivity index (χ3n) is 4.00. The van der Waals surface area contributed by atoms with Gasteiger partial charge in [0.15, 0.2) is 0 Å². The topological polar surface area (TPSA) is 29.5 Å². The van der Waals surface area contributed by atoms with E-state index in [0.29, 0.717) is 6.54 Å². The van der Waals surface area contributed by atoms with E-state index in [2.05, 4.69) is 12.1 Å². The van der Waals surface area contributed by atoms with Gasteiger partial charge in [-0.3, -0.25) is 4.79 Å². The minimum absolute atomic E-state index is 0.0918. The van der Waals surface area contributed by atoms with Gasteiger partial charge in [-0.05, 0) is 29.7 Å². The summed E-state index contributed by atoms with van der Waals surface area (Å²) >= 11 is 0. The van der Waals surface area contributed by atoms with E-state index in [1.165, 1.54) is 0 Å². The number of carbonyl (C=O) groups is 1. The Morgan fingerprint density at radius 2 is 1.71 bits per heavy atom. The van der Waals surface area contributed by atoms with Gasteiger partial charge in [0.05, 0.1) is 6.10 Å². The van der Waals surface area contributed by atoms with Crippen molar-refractivity contribution in [2.75, 3.05) is 20.2 Å². The molecular formula is C18H19NO2. The Balaban J connectivity index is 1.74. The monoisotopic (exact) mass is 281 g/mol. The number of hydrogen-bond acceptors (Lipinski definition) is 2. The summed E-state index contributed by atoms with van der Waals surface area (Å²) in [7, 11) is 1.70. The number of carbonyl (C=O) groups excluding carboxylic acids is 1. The van der Waals surface area contributed by atoms with E-state index in [1.807, 2.05) is 47.4 Å². The third kappa shape index (κ3) is 2.98. The van der Waals surface area contributed by atoms with E-state index in [0.717, 1.165) is 29.7 Å². The van der Waals surface area contributed by atoms with Crippen molar-refractivity contribution in [2.45, 2.75) is 12.5 Å². The zero-order valence-electron chi connectivity index (χ0n) is 12.2. The highest BCUT2D eigenvalue weighted by atomic mass is 16.5. The standard InChI is InChI=1S/C18H19NO2/c1-21-17-11-12-19(13-17)18(20)16-9-7-15(8-10-16)14-5-3-2-4-6-14/h2-10,17H,11-13H2,1H3. The van der Waals surface area contributed by atoms with Gasteiger partial charge in [0.25, 0.3) is 5.91 Å². The summed E-state index contributed by atoms with van der Waals surface area (Å²) in [5.74, 6) is 0.0918. The molecule has 2 aromatic rings. The maximum absolute atomic E-state index is 12.4. The van der Waals surface area contributed by atoms with E-state index in [-0.39, 0.29) is 12.0 Å². The second-order valence-electron chi connectivity index (χ2n) is 5.34. The largest absolute Gasteiger partial charge is 0.380 e. The SMILES string of the molecule is COC1CCN(C(=O)c2ccc(-c3ccccc3)cc2)C1. The molecule has 1 heterocycles. The van der Waals surface area contributed by atoms with Crippen molar-refractivity contribution in [3.63, 3.8) is 0 Å². The molecule has 3 nitrogen and oxygen atoms in total. The summed E-state index contributed by atoms with van der Waals surface area (Å²) in [6.07, 6.45) is 1.10. The van der Waals surface area contributed by atoms with Gasteiger partial charge in [0.2, 0.25) is 0 Å². The lowest BCUT2D eigenvalue weighted by molar-refractivity contribution is 0.0724. The molecule has 1 aliphatic rings. The van der Waals surface area contributed by atoms with Crippen molar-refractivity contribution < 1.29 is 9.53 Å². The molecule has 0 radical (unpaired) electrons. The van der Waals surface area contributed by atoms with Crippen LogP contribution in [0.15, 0.2) is 54.6 Å². The van der Waals surface area contributed by atoms with Crippen LogP contribution >= 0.6 is 0 Å². The van der Waals surface area contributed by atoms with Crippen molar-refractivity contribution >= 4 is 5.91 Å². The van der Waals surface area contributed by atoms with Crippen LogP contribution in [0.5, 0.6) is 0 Å². The predicted octanol–water partition coefficient (Wildman–Crippen LogP) is 3.21. The molecule has 0 aliphatic carbocycles. The molecule has 21 heavy (non-hydrogen) atoms. The lowest BCUT2D eigenvalue weighted by atomic mass is 10.0. The molecule has 1 fully saturated rings. The lowest BCUT2D eigenvalue weighted by Crippen LogP contribution is -2.29. The summed E-state index contributed by atoms with van der Waals surface area (Å²) < 4.78 is 5.31. The first-order valence-corrected chi connectivity index (χ1v) is 7.25. The summed E-state index contributed by atoms with van der Waals surface area (Å²) in [6, 6.07) is 18.0. The van der Waals surface area contributed by atoms with Crippen LogP contribution < -0.4 is 0 Å². The molecule has 3 heteroatoms. The molecule has 1 aliphatic heterocycles. The van der Waals surface area contributed by atoms with E-state index in [1.54, 1.807) is 7.11 Å². The summed E-state index contributed by atoms with van der Waals surface area (Å²) in [4.78, 5) is 14.3. The third-order valence-corrected chi connectivity index (χ3v) is 4.00. The Labute approximate surface area is 125 Å². The highest BCUT2D eigenvalue weighted by molar-refractivity contribution is 5.95. The van der Waals surface area contributed by atoms with Crippen LogP contribution in [0.25, 0.3) is 11.1 Å². The number of methoxy groups -OCH3 is 1. The number of benzene rings is 2. The van der Waals surface area contributed by atoms with Crippen molar-refractivity contribution in [1.29, 1.82) is 0 Å². The van der Waals surface area contributed by atoms with Gasteiger partial charge in [0.1, 0.15) is 0 Å². The Morgan fingerprint density at radius 3 is 2.33 bits per heavy atom. The van der Waals surface area contributed by atoms with Crippen LogP contribution in [0.4, 0.5) is 0 Å². The maximum atomic E-state index is 12.4. The van der Waals surface area contributed by atoms with Crippen molar-refractivity contribution in [2.24, 2.45) is 0 Å². The molecule has 3 rings (SSSR count). The first kappa shape index (κ1) is 13.8. The normalized spacial score (nSPS) is 18.0. The maximum Gasteiger partial charge on any atom is 0.253 e. The average molecular weight is 281 g/mol. The molecule has 1 amide bonds. The van der Waals surface area contributed by atoms with Crippen LogP contribution in [0, 0.1) is 0 Å². The molecule has 1 saturated heterocycles. The van der Waals surface area contributed by atoms with E-state index >= 15 is 0 Å². The Morgan fingerprint density at radius 1 is 1.05 bits per heavy atom. The lowest BCUT2D eigenvalue weighted by Gasteiger charge is -2.16. The molecule has 1 unspecified atom stereocenters. The van der Waals surface area contributed by atoms with Crippen LogP contribution in [-0.4, -0.2) is 37.1 Å². The number of hydrogen-bond donors (Lipinski definition) is 0. The Hall–Kier alpha value is -2.13. The summed E-state index contributed by atoms with van der Waals surface area (Å²) in [5.41, 5.74) is 3.03. The zero-order valence-corrected chi connectivity index (χ0v) is 12.2. The Bertz CT molecular complexity index is 607. The fourth-order valence-corrected chi connectivity index (χ4v) is 2.72. The van der Waals surface area contributed by atoms with Gasteiger partial charge in [-0.15, -0.1) is 0 Å². The van der Waals surface area contributed by atoms with Crippen LogP contribution in [-0.2, 0) is 4.74 Å². The smallest absolute Gasteiger partial charge is 0.253 e. The van der Waals surface area contributed by atoms with Gasteiger partial charge < -0.3 is 9.64 Å². The molecule has 0 bridgehead atoms. The molecule has 0 spiro atoms. The van der Waals surface area contributed by atoms with Crippen molar-refractivity contribution in [3.8, 4) is 11.1 Å². The number of nitrogens with zero attached hydrogens (tertiary/aromatic N) is 1. The number of ether oxygens (including phenoxy) is 1. The van der Waals surface area contributed by atoms with Crippen molar-refractivity contribution in [1.82, 2.24) is 4.90 Å². The minimum atomic E-state index is 0.0918. The fraction of sp³-hybridized carbons (Fsp3) is 0.278. The number of amides is 1. The highest BCUT2D eigenvalue weighted by Crippen LogP contribution is 2.21. The predicted molar refractivity (Wildman–Crippen MR) is 83.2 cm³/mol. The second-order valence-corrected chi connectivity index (χ2v) is 5.34. The zero-order chi connectivity index (χ0) is 14.7. The summed E-state index contributed by atoms with van der Waals surface area (Å²) in [6.45, 7) is 1.47. The molecule has 1 atom stereocenters. The quantitative estimate of drug-likeness (QED) is 0.864. The number of rotatable bonds is 3. The Kier molecular flexibility index (Phi) is 4.02. The molecule has 0 N–H and O–H groups in total. The first-order valence-electron chi connectivity index (χ1n) is 7.25. The highest BCUT2D eigenvalue weighted by Gasteiger charge is 2.26. The van der Waals surface area contributed by atoms with Gasteiger partial charge in [-0.2, -0.15) is 0 Å². The van der Waals surface area contributed by atoms with Crippen molar-refractivity contribution in [3.05, 3.63) is 60.2 Å². The molecule has 2 aromatic carbocycles. The van der Waals surface area contributed by atoms with E-state index < -0.39 is 0 Å². The van der Waals surface area contributed by atoms with E-state index in [9.17, 15) is 4.79 Å². The van der Waals surface area contributed by atoms with Gasteiger partial charge in [0, 0.05) is 25.8 Å². The van der Waals surface area contributed by atoms with Gasteiger partial charge in [-0.1, -0.05) is 42.5 Å². The number of likely N-dealkylation sites (tertiary alicyclic amines) is 1. The van der Waals surface area contributed by atoms with Gasteiger partial charge in [-0.25, -0.2) is 0 Å². The van der Waals surface area contributed by atoms with Crippen LogP contribution in [0.2, 0.25) is 0 Å². The molecule has 0 aromatic heterocycles. The summed E-state index contributed by atoms with van der Waals surface area (Å²) in [5, 5.41) is 0. The first-order chi connectivity index (χ1) is 10.3. The van der Waals surface area contributed by atoms with Crippen LogP contribution in [0.3, 0.4) is 0 Å². The second kappa shape index (κ2) is 6.10. The van der Waals surface area contributed by atoms with E-state index in [4.69, 9.17) is 4.74 Å². The van der Waals surface area contributed by atoms with Crippen LogP contribution in [0.1, 0.15) is 16.8 Å². The minimum Gasteiger partial charge on any atom is -0.380 e. The molecule has 0 saturated carbocycles. The molecular weight excluding hydrogens is 262 g/mol.